The van der Waals surface area contributed by atoms with E-state index < -0.39 is 18.1 Å². The number of carboxylic acids is 1. The van der Waals surface area contributed by atoms with Crippen LogP contribution in [-0.2, 0) is 11.3 Å². The second-order valence-corrected chi connectivity index (χ2v) is 2.79. The Bertz CT molecular complexity index is 468. The number of carbonyl (C=O) groups is 1. The Kier molecular flexibility index (Phi) is 2.67. The summed E-state index contributed by atoms with van der Waals surface area (Å²) in [5.41, 5.74) is -0.0804. The molecule has 0 atom stereocenters. The van der Waals surface area contributed by atoms with Crippen molar-refractivity contribution < 1.29 is 9.90 Å². The third kappa shape index (κ3) is 1.80. The Morgan fingerprint density at radius 3 is 2.79 bits per heavy atom. The molecule has 0 aliphatic heterocycles. The summed E-state index contributed by atoms with van der Waals surface area (Å²) < 4.78 is 1.06. The summed E-state index contributed by atoms with van der Waals surface area (Å²) >= 11 is 0. The molecule has 0 spiro atoms. The van der Waals surface area contributed by atoms with Gasteiger partial charge in [-0.15, -0.1) is 0 Å². The zero-order valence-electron chi connectivity index (χ0n) is 7.52. The molecule has 0 fully saturated rings. The molecule has 1 heterocycles. The van der Waals surface area contributed by atoms with Gasteiger partial charge in [0.2, 0.25) is 0 Å². The number of hydrogen-bond acceptors (Lipinski definition) is 3. The summed E-state index contributed by atoms with van der Waals surface area (Å²) in [6, 6.07) is 4.64. The van der Waals surface area contributed by atoms with Gasteiger partial charge in [-0.2, -0.15) is 5.26 Å². The van der Waals surface area contributed by atoms with Crippen molar-refractivity contribution in [3.05, 3.63) is 33.7 Å². The first-order chi connectivity index (χ1) is 6.56. The fourth-order valence-electron chi connectivity index (χ4n) is 1.09. The number of rotatable bonds is 2. The van der Waals surface area contributed by atoms with Crippen molar-refractivity contribution in [1.29, 1.82) is 5.26 Å². The van der Waals surface area contributed by atoms with Crippen molar-refractivity contribution in [3.8, 4) is 6.07 Å². The highest BCUT2D eigenvalue weighted by atomic mass is 16.4. The van der Waals surface area contributed by atoms with Crippen LogP contribution in [0.2, 0.25) is 0 Å². The van der Waals surface area contributed by atoms with Gasteiger partial charge in [0.1, 0.15) is 18.2 Å². The van der Waals surface area contributed by atoms with Crippen molar-refractivity contribution in [3.63, 3.8) is 0 Å². The first-order valence-electron chi connectivity index (χ1n) is 3.88. The zero-order chi connectivity index (χ0) is 10.7. The molecule has 0 aliphatic carbocycles. The van der Waals surface area contributed by atoms with Gasteiger partial charge in [0, 0.05) is 5.69 Å². The monoisotopic (exact) mass is 192 g/mol. The van der Waals surface area contributed by atoms with Gasteiger partial charge in [0.25, 0.3) is 5.56 Å². The lowest BCUT2D eigenvalue weighted by Crippen LogP contribution is -2.27. The lowest BCUT2D eigenvalue weighted by Gasteiger charge is -2.06. The molecule has 72 valence electrons. The Hall–Kier alpha value is -2.09. The first kappa shape index (κ1) is 9.99. The van der Waals surface area contributed by atoms with Crippen molar-refractivity contribution >= 4 is 5.97 Å². The molecule has 5 heteroatoms. The number of aromatic nitrogens is 1. The topological polar surface area (TPSA) is 83.1 Å². The van der Waals surface area contributed by atoms with E-state index in [0.29, 0.717) is 5.69 Å². The van der Waals surface area contributed by atoms with Gasteiger partial charge in [-0.1, -0.05) is 0 Å². The summed E-state index contributed by atoms with van der Waals surface area (Å²) in [5.74, 6) is -1.11. The minimum atomic E-state index is -1.11. The molecule has 14 heavy (non-hydrogen) atoms. The van der Waals surface area contributed by atoms with Crippen LogP contribution in [0.4, 0.5) is 0 Å². The maximum Gasteiger partial charge on any atom is 0.323 e. The predicted molar refractivity (Wildman–Crippen MR) is 47.8 cm³/mol. The summed E-state index contributed by atoms with van der Waals surface area (Å²) in [4.78, 5) is 21.9. The van der Waals surface area contributed by atoms with Crippen LogP contribution in [-0.4, -0.2) is 15.6 Å². The number of nitriles is 1. The maximum absolute atomic E-state index is 11.4. The molecule has 0 unspecified atom stereocenters. The molecule has 0 amide bonds. The smallest absolute Gasteiger partial charge is 0.323 e. The van der Waals surface area contributed by atoms with Crippen molar-refractivity contribution in [1.82, 2.24) is 4.57 Å². The molecule has 1 aromatic rings. The van der Waals surface area contributed by atoms with Gasteiger partial charge in [0.15, 0.2) is 0 Å². The summed E-state index contributed by atoms with van der Waals surface area (Å²) in [6.45, 7) is 1.20. The zero-order valence-corrected chi connectivity index (χ0v) is 7.52. The predicted octanol–water partition coefficient (Wildman–Crippen LogP) is 0.113. The largest absolute Gasteiger partial charge is 0.480 e. The molecule has 0 aliphatic rings. The van der Waals surface area contributed by atoms with Gasteiger partial charge in [-0.3, -0.25) is 9.59 Å². The Morgan fingerprint density at radius 1 is 1.64 bits per heavy atom. The number of aryl methyl sites for hydroxylation is 1. The van der Waals surface area contributed by atoms with E-state index in [-0.39, 0.29) is 5.56 Å². The van der Waals surface area contributed by atoms with E-state index in [9.17, 15) is 9.59 Å². The van der Waals surface area contributed by atoms with Gasteiger partial charge >= 0.3 is 5.97 Å². The van der Waals surface area contributed by atoms with Crippen molar-refractivity contribution in [2.45, 2.75) is 13.5 Å². The van der Waals surface area contributed by atoms with E-state index in [1.807, 2.05) is 0 Å². The third-order valence-electron chi connectivity index (χ3n) is 1.81. The molecular formula is C9H8N2O3. The average molecular weight is 192 g/mol. The van der Waals surface area contributed by atoms with E-state index in [1.165, 1.54) is 6.07 Å². The molecule has 0 bridgehead atoms. The summed E-state index contributed by atoms with van der Waals surface area (Å²) in [5, 5.41) is 17.1. The highest BCUT2D eigenvalue weighted by molar-refractivity contribution is 5.66. The summed E-state index contributed by atoms with van der Waals surface area (Å²) in [7, 11) is 0. The highest BCUT2D eigenvalue weighted by Gasteiger charge is 2.08. The van der Waals surface area contributed by atoms with Gasteiger partial charge in [-0.25, -0.2) is 0 Å². The Balaban J connectivity index is 3.35. The first-order valence-corrected chi connectivity index (χ1v) is 3.88. The normalized spacial score (nSPS) is 9.43. The van der Waals surface area contributed by atoms with Crippen LogP contribution >= 0.6 is 0 Å². The number of hydrogen-bond donors (Lipinski definition) is 1. The second-order valence-electron chi connectivity index (χ2n) is 2.79. The highest BCUT2D eigenvalue weighted by Crippen LogP contribution is 1.97. The summed E-state index contributed by atoms with van der Waals surface area (Å²) in [6.07, 6.45) is 0. The second kappa shape index (κ2) is 3.75. The molecule has 0 aromatic carbocycles. The molecular weight excluding hydrogens is 184 g/mol. The quantitative estimate of drug-likeness (QED) is 0.721. The average Bonchev–Trinajstić information content (AvgIpc) is 2.12. The lowest BCUT2D eigenvalue weighted by atomic mass is 10.2. The van der Waals surface area contributed by atoms with Crippen LogP contribution in [0.1, 0.15) is 11.3 Å². The number of carboxylic acid groups (broad SMARTS) is 1. The molecule has 0 saturated carbocycles. The third-order valence-corrected chi connectivity index (χ3v) is 1.81. The van der Waals surface area contributed by atoms with E-state index in [2.05, 4.69) is 0 Å². The van der Waals surface area contributed by atoms with Gasteiger partial charge in [-0.05, 0) is 19.1 Å². The minimum Gasteiger partial charge on any atom is -0.480 e. The SMILES string of the molecule is Cc1ccc(C#N)c(=O)n1CC(=O)O. The number of aliphatic carboxylic acids is 1. The number of nitrogens with zero attached hydrogens (tertiary/aromatic N) is 2. The fraction of sp³-hybridized carbons (Fsp3) is 0.222. The number of pyridine rings is 1. The van der Waals surface area contributed by atoms with Crippen molar-refractivity contribution in [2.24, 2.45) is 0 Å². The molecule has 0 saturated heterocycles. The van der Waals surface area contributed by atoms with Crippen LogP contribution in [0.25, 0.3) is 0 Å². The van der Waals surface area contributed by atoms with Crippen LogP contribution in [0, 0.1) is 18.3 Å². The van der Waals surface area contributed by atoms with Crippen LogP contribution in [0.3, 0.4) is 0 Å². The van der Waals surface area contributed by atoms with Crippen molar-refractivity contribution in [2.75, 3.05) is 0 Å². The van der Waals surface area contributed by atoms with E-state index in [4.69, 9.17) is 10.4 Å². The molecule has 1 N–H and O–H groups in total. The van der Waals surface area contributed by atoms with Crippen LogP contribution in [0.15, 0.2) is 16.9 Å². The Morgan fingerprint density at radius 2 is 2.29 bits per heavy atom. The fourth-order valence-corrected chi connectivity index (χ4v) is 1.09. The van der Waals surface area contributed by atoms with Gasteiger partial charge < -0.3 is 9.67 Å². The van der Waals surface area contributed by atoms with E-state index in [1.54, 1.807) is 19.1 Å². The minimum absolute atomic E-state index is 0.0446. The molecule has 5 nitrogen and oxygen atoms in total. The Labute approximate surface area is 79.8 Å². The molecule has 0 radical (unpaired) electrons. The van der Waals surface area contributed by atoms with E-state index in [0.717, 1.165) is 4.57 Å². The standard InChI is InChI=1S/C9H8N2O3/c1-6-2-3-7(4-10)9(14)11(6)5-8(12)13/h2-3H,5H2,1H3,(H,12,13). The van der Waals surface area contributed by atoms with Gasteiger partial charge in [0.05, 0.1) is 0 Å². The molecule has 1 rings (SSSR count). The van der Waals surface area contributed by atoms with Crippen LogP contribution < -0.4 is 5.56 Å². The molecule has 1 aromatic heterocycles. The van der Waals surface area contributed by atoms with E-state index >= 15 is 0 Å². The van der Waals surface area contributed by atoms with Crippen LogP contribution in [0.5, 0.6) is 0 Å². The lowest BCUT2D eigenvalue weighted by molar-refractivity contribution is -0.137. The maximum atomic E-state index is 11.4.